The van der Waals surface area contributed by atoms with E-state index in [1.807, 2.05) is 12.3 Å². The summed E-state index contributed by atoms with van der Waals surface area (Å²) < 4.78 is 20.2. The van der Waals surface area contributed by atoms with Crippen LogP contribution in [0.2, 0.25) is 0 Å². The van der Waals surface area contributed by atoms with Gasteiger partial charge in [0.25, 0.3) is 5.91 Å². The molecule has 0 spiro atoms. The Morgan fingerprint density at radius 2 is 1.94 bits per heavy atom. The van der Waals surface area contributed by atoms with E-state index in [0.29, 0.717) is 17.1 Å². The Morgan fingerprint density at radius 3 is 2.62 bits per heavy atom. The van der Waals surface area contributed by atoms with Gasteiger partial charge in [0.15, 0.2) is 0 Å². The number of hydrogen-bond acceptors (Lipinski definition) is 5. The van der Waals surface area contributed by atoms with Gasteiger partial charge < -0.3 is 10.7 Å². The van der Waals surface area contributed by atoms with Crippen LogP contribution in [-0.2, 0) is 6.54 Å². The van der Waals surface area contributed by atoms with Crippen LogP contribution in [0, 0.1) is 0 Å². The lowest BCUT2D eigenvalue weighted by molar-refractivity contribution is 0.100. The van der Waals surface area contributed by atoms with Gasteiger partial charge in [-0.25, -0.2) is 0 Å². The number of carbonyl (C=O) groups is 1. The molecule has 2 aliphatic rings. The maximum absolute atomic E-state index is 12.3. The average Bonchev–Trinajstić information content (AvgIpc) is 3.42. The maximum Gasteiger partial charge on any atom is 0.250 e. The molecule has 2 fully saturated rings. The van der Waals surface area contributed by atoms with E-state index in [1.165, 1.54) is 30.6 Å². The molecule has 1 atom stereocenters. The molecule has 5 rings (SSSR count). The minimum Gasteiger partial charge on any atom is -0.366 e. The first-order valence-corrected chi connectivity index (χ1v) is 14.1. The molecule has 172 valence electrons. The second-order valence-corrected chi connectivity index (χ2v) is 12.5. The van der Waals surface area contributed by atoms with Crippen LogP contribution >= 0.6 is 21.9 Å². The summed E-state index contributed by atoms with van der Waals surface area (Å²) in [4.78, 5) is 19.4. The van der Waals surface area contributed by atoms with E-state index in [0.717, 1.165) is 53.6 Å². The third-order valence-corrected chi connectivity index (χ3v) is 9.60. The Kier molecular flexibility index (Phi) is 6.07. The highest BCUT2D eigenvalue weighted by molar-refractivity contribution is 8.24. The van der Waals surface area contributed by atoms with E-state index in [4.69, 9.17) is 5.73 Å². The number of primary amides is 1. The number of aromatic nitrogens is 1. The van der Waals surface area contributed by atoms with E-state index in [2.05, 4.69) is 27.4 Å². The van der Waals surface area contributed by atoms with Crippen LogP contribution in [0.25, 0.3) is 22.0 Å². The highest BCUT2D eigenvalue weighted by Gasteiger charge is 2.31. The number of benzene rings is 1. The number of likely N-dealkylation sites (tertiary alicyclic amines) is 1. The van der Waals surface area contributed by atoms with E-state index in [-0.39, 0.29) is 5.92 Å². The predicted molar refractivity (Wildman–Crippen MR) is 134 cm³/mol. The highest BCUT2D eigenvalue weighted by Crippen LogP contribution is 2.52. The second-order valence-electron chi connectivity index (χ2n) is 9.21. The van der Waals surface area contributed by atoms with Crippen molar-refractivity contribution >= 4 is 38.7 Å². The van der Waals surface area contributed by atoms with Crippen LogP contribution < -0.4 is 5.73 Å². The zero-order valence-electron chi connectivity index (χ0n) is 18.2. The van der Waals surface area contributed by atoms with Gasteiger partial charge in [-0.05, 0) is 72.6 Å². The van der Waals surface area contributed by atoms with Crippen molar-refractivity contribution in [1.82, 2.24) is 9.88 Å². The first kappa shape index (κ1) is 22.0. The molecular weight excluding hydrogens is 442 g/mol. The molecule has 5 N–H and O–H groups in total. The number of amides is 1. The Labute approximate surface area is 194 Å². The summed E-state index contributed by atoms with van der Waals surface area (Å²) in [7, 11) is -2.50. The highest BCUT2D eigenvalue weighted by atomic mass is 32.3. The lowest BCUT2D eigenvalue weighted by Gasteiger charge is -2.26. The van der Waals surface area contributed by atoms with Gasteiger partial charge in [0.2, 0.25) is 0 Å². The number of nitrogens with zero attached hydrogens (tertiary/aromatic N) is 1. The first-order chi connectivity index (χ1) is 15.4. The fourth-order valence-electron chi connectivity index (χ4n) is 5.15. The summed E-state index contributed by atoms with van der Waals surface area (Å²) in [6, 6.07) is 6.24. The average molecular weight is 474 g/mol. The third kappa shape index (κ3) is 4.47. The molecule has 6 nitrogen and oxygen atoms in total. The molecule has 2 aromatic heterocycles. The molecule has 32 heavy (non-hydrogen) atoms. The van der Waals surface area contributed by atoms with E-state index in [9.17, 15) is 13.9 Å². The summed E-state index contributed by atoms with van der Waals surface area (Å²) in [5, 5.41) is 3.12. The van der Waals surface area contributed by atoms with Crippen LogP contribution in [0.5, 0.6) is 0 Å². The molecule has 2 saturated heterocycles. The number of H-pyrrole nitrogens is 1. The fraction of sp³-hybridized carbons (Fsp3) is 0.458. The quantitative estimate of drug-likeness (QED) is 0.387. The van der Waals surface area contributed by atoms with Gasteiger partial charge in [-0.3, -0.25) is 18.8 Å². The van der Waals surface area contributed by atoms with E-state index < -0.39 is 16.5 Å². The largest absolute Gasteiger partial charge is 0.366 e. The molecule has 1 amide bonds. The lowest BCUT2D eigenvalue weighted by Crippen LogP contribution is -2.23. The lowest BCUT2D eigenvalue weighted by atomic mass is 9.94. The molecule has 0 aliphatic carbocycles. The van der Waals surface area contributed by atoms with Crippen LogP contribution in [0.15, 0.2) is 29.8 Å². The van der Waals surface area contributed by atoms with Crippen molar-refractivity contribution in [3.8, 4) is 11.1 Å². The van der Waals surface area contributed by atoms with Crippen molar-refractivity contribution in [3.63, 3.8) is 0 Å². The monoisotopic (exact) mass is 473 g/mol. The molecule has 0 radical (unpaired) electrons. The number of nitrogens with two attached hydrogens (primary N) is 1. The Bertz CT molecular complexity index is 1130. The van der Waals surface area contributed by atoms with Crippen molar-refractivity contribution in [1.29, 1.82) is 0 Å². The molecule has 8 heteroatoms. The molecule has 0 saturated carbocycles. The Balaban J connectivity index is 1.48. The molecule has 2 aliphatic heterocycles. The van der Waals surface area contributed by atoms with Gasteiger partial charge in [-0.1, -0.05) is 12.8 Å². The van der Waals surface area contributed by atoms with Crippen molar-refractivity contribution in [2.24, 2.45) is 5.73 Å². The fourth-order valence-corrected chi connectivity index (χ4v) is 7.90. The van der Waals surface area contributed by atoms with Crippen LogP contribution in [0.4, 0.5) is 0 Å². The number of fused-ring (bicyclic) bond motifs is 1. The molecule has 4 heterocycles. The van der Waals surface area contributed by atoms with Crippen LogP contribution in [0.3, 0.4) is 0 Å². The summed E-state index contributed by atoms with van der Waals surface area (Å²) in [5.74, 6) is 0.442. The summed E-state index contributed by atoms with van der Waals surface area (Å²) in [5.41, 5.74) is 10.1. The molecular formula is C24H31N3O3S2. The number of thiophene rings is 1. The maximum atomic E-state index is 12.3. The summed E-state index contributed by atoms with van der Waals surface area (Å²) in [6.45, 7) is 3.31. The minimum absolute atomic E-state index is 0.0748. The van der Waals surface area contributed by atoms with Gasteiger partial charge in [0.1, 0.15) is 0 Å². The molecule has 1 aromatic carbocycles. The minimum atomic E-state index is -2.50. The van der Waals surface area contributed by atoms with Gasteiger partial charge in [-0.15, -0.1) is 11.3 Å². The van der Waals surface area contributed by atoms with Crippen LogP contribution in [0.1, 0.15) is 58.8 Å². The SMILES string of the molecule is NC(=O)c1cc(-c2csc(CN3CCCCCC3)c2)cc2c(C3CCS(O)(O)C3)c[nH]c12. The number of hydrogen-bond donors (Lipinski definition) is 4. The predicted octanol–water partition coefficient (Wildman–Crippen LogP) is 5.61. The van der Waals surface area contributed by atoms with Crippen molar-refractivity contribution in [2.45, 2.75) is 44.6 Å². The van der Waals surface area contributed by atoms with Gasteiger partial charge >= 0.3 is 0 Å². The first-order valence-electron chi connectivity index (χ1n) is 11.4. The Hall–Kier alpha value is -1.84. The topological polar surface area (TPSA) is 103 Å². The van der Waals surface area contributed by atoms with E-state index in [1.54, 1.807) is 11.3 Å². The molecule has 0 bridgehead atoms. The molecule has 3 aromatic rings. The van der Waals surface area contributed by atoms with Crippen molar-refractivity contribution in [3.05, 3.63) is 45.8 Å². The zero-order chi connectivity index (χ0) is 22.3. The molecule has 1 unspecified atom stereocenters. The normalized spacial score (nSPS) is 22.8. The number of carbonyl (C=O) groups excluding carboxylic acids is 1. The number of aromatic amines is 1. The number of nitrogens with one attached hydrogen (secondary N) is 1. The summed E-state index contributed by atoms with van der Waals surface area (Å²) in [6.07, 6.45) is 7.86. The third-order valence-electron chi connectivity index (χ3n) is 6.85. The smallest absolute Gasteiger partial charge is 0.250 e. The van der Waals surface area contributed by atoms with Gasteiger partial charge in [-0.2, -0.15) is 10.6 Å². The van der Waals surface area contributed by atoms with Gasteiger partial charge in [0, 0.05) is 40.4 Å². The van der Waals surface area contributed by atoms with Crippen molar-refractivity contribution in [2.75, 3.05) is 24.6 Å². The zero-order valence-corrected chi connectivity index (χ0v) is 19.8. The summed E-state index contributed by atoms with van der Waals surface area (Å²) >= 11 is 1.77. The second kappa shape index (κ2) is 8.83. The van der Waals surface area contributed by atoms with Crippen LogP contribution in [-0.4, -0.2) is 49.5 Å². The van der Waals surface area contributed by atoms with Gasteiger partial charge in [0.05, 0.1) is 11.1 Å². The number of rotatable bonds is 5. The van der Waals surface area contributed by atoms with E-state index >= 15 is 0 Å². The standard InChI is InChI=1S/C24H31N3O3S2/c25-24(28)21-11-17(18-9-19(31-14-18)13-27-6-3-1-2-4-7-27)10-20-22(12-26-23(20)21)16-5-8-32(29,30)15-16/h9-12,14,16,26,29-30H,1-8,13,15H2,(H2,25,28). The van der Waals surface area contributed by atoms with Crippen molar-refractivity contribution < 1.29 is 13.9 Å². The Morgan fingerprint density at radius 1 is 1.16 bits per heavy atom.